The summed E-state index contributed by atoms with van der Waals surface area (Å²) in [5.74, 6) is -0.0572. The minimum absolute atomic E-state index is 0.0189. The average molecular weight is 264 g/mol. The highest BCUT2D eigenvalue weighted by molar-refractivity contribution is 7.10. The van der Waals surface area contributed by atoms with E-state index in [9.17, 15) is 9.59 Å². The molecule has 3 rings (SSSR count). The molecular formula is C13H16N2O2S. The van der Waals surface area contributed by atoms with E-state index >= 15 is 0 Å². The van der Waals surface area contributed by atoms with Crippen molar-refractivity contribution in [1.29, 1.82) is 0 Å². The first-order valence-electron chi connectivity index (χ1n) is 6.31. The molecule has 1 atom stereocenters. The molecule has 1 aromatic rings. The highest BCUT2D eigenvalue weighted by atomic mass is 32.1. The molecule has 2 aliphatic rings. The molecule has 1 aliphatic carbocycles. The number of carbonyl (C=O) groups excluding carboxylic acids is 2. The summed E-state index contributed by atoms with van der Waals surface area (Å²) < 4.78 is 0. The van der Waals surface area contributed by atoms with Crippen LogP contribution in [0, 0.1) is 0 Å². The quantitative estimate of drug-likeness (QED) is 0.858. The Morgan fingerprint density at radius 1 is 1.56 bits per heavy atom. The molecule has 2 N–H and O–H groups in total. The van der Waals surface area contributed by atoms with Gasteiger partial charge >= 0.3 is 0 Å². The Kier molecular flexibility index (Phi) is 2.86. The number of carbonyl (C=O) groups is 2. The normalized spacial score (nSPS) is 24.7. The van der Waals surface area contributed by atoms with Crippen molar-refractivity contribution in [2.24, 2.45) is 0 Å². The largest absolute Gasteiger partial charge is 0.353 e. The van der Waals surface area contributed by atoms with E-state index in [0.29, 0.717) is 19.4 Å². The number of amides is 2. The van der Waals surface area contributed by atoms with Gasteiger partial charge in [-0.05, 0) is 30.7 Å². The van der Waals surface area contributed by atoms with E-state index in [1.807, 2.05) is 0 Å². The first-order valence-corrected chi connectivity index (χ1v) is 7.19. The Hall–Kier alpha value is -1.36. The Morgan fingerprint density at radius 3 is 2.94 bits per heavy atom. The SMILES string of the molecule is O=C1CCC(C(=O)NCC2(c3cccs3)CC2)N1. The summed E-state index contributed by atoms with van der Waals surface area (Å²) >= 11 is 1.76. The Labute approximate surface area is 110 Å². The fourth-order valence-electron chi connectivity index (χ4n) is 2.43. The third kappa shape index (κ3) is 2.14. The zero-order valence-corrected chi connectivity index (χ0v) is 10.9. The lowest BCUT2D eigenvalue weighted by atomic mass is 10.1. The van der Waals surface area contributed by atoms with Crippen LogP contribution >= 0.6 is 11.3 Å². The Balaban J connectivity index is 1.56. The van der Waals surface area contributed by atoms with Crippen LogP contribution in [0.1, 0.15) is 30.6 Å². The molecule has 2 heterocycles. The van der Waals surface area contributed by atoms with Gasteiger partial charge in [-0.3, -0.25) is 9.59 Å². The highest BCUT2D eigenvalue weighted by Gasteiger charge is 2.45. The van der Waals surface area contributed by atoms with Gasteiger partial charge in [-0.2, -0.15) is 0 Å². The van der Waals surface area contributed by atoms with Gasteiger partial charge < -0.3 is 10.6 Å². The van der Waals surface area contributed by atoms with Crippen LogP contribution < -0.4 is 10.6 Å². The third-order valence-electron chi connectivity index (χ3n) is 3.81. The number of thiophene rings is 1. The molecule has 1 saturated carbocycles. The molecular weight excluding hydrogens is 248 g/mol. The summed E-state index contributed by atoms with van der Waals surface area (Å²) in [6, 6.07) is 3.87. The molecule has 1 aromatic heterocycles. The standard InChI is InChI=1S/C13H16N2O2S/c16-11-4-3-9(15-11)12(17)14-8-13(5-6-13)10-2-1-7-18-10/h1-2,7,9H,3-6,8H2,(H,14,17)(H,15,16). The minimum Gasteiger partial charge on any atom is -0.353 e. The number of hydrogen-bond acceptors (Lipinski definition) is 3. The van der Waals surface area contributed by atoms with Gasteiger partial charge in [0.15, 0.2) is 0 Å². The van der Waals surface area contributed by atoms with Gasteiger partial charge in [0, 0.05) is 23.3 Å². The van der Waals surface area contributed by atoms with Crippen LogP contribution in [0.2, 0.25) is 0 Å². The molecule has 0 aromatic carbocycles. The van der Waals surface area contributed by atoms with Crippen LogP contribution in [0.5, 0.6) is 0 Å². The molecule has 0 bridgehead atoms. The number of hydrogen-bond donors (Lipinski definition) is 2. The minimum atomic E-state index is -0.323. The molecule has 0 radical (unpaired) electrons. The molecule has 1 aliphatic heterocycles. The van der Waals surface area contributed by atoms with Crippen molar-refractivity contribution in [3.63, 3.8) is 0 Å². The summed E-state index contributed by atoms with van der Waals surface area (Å²) in [6.07, 6.45) is 3.38. The fraction of sp³-hybridized carbons (Fsp3) is 0.538. The summed E-state index contributed by atoms with van der Waals surface area (Å²) in [5.41, 5.74) is 0.173. The van der Waals surface area contributed by atoms with Crippen molar-refractivity contribution in [3.8, 4) is 0 Å². The topological polar surface area (TPSA) is 58.2 Å². The predicted octanol–water partition coefficient (Wildman–Crippen LogP) is 1.17. The second-order valence-corrected chi connectivity index (χ2v) is 6.08. The number of rotatable bonds is 4. The van der Waals surface area contributed by atoms with Gasteiger partial charge in [0.25, 0.3) is 0 Å². The second-order valence-electron chi connectivity index (χ2n) is 5.13. The zero-order chi connectivity index (χ0) is 12.6. The molecule has 18 heavy (non-hydrogen) atoms. The van der Waals surface area contributed by atoms with Gasteiger partial charge in [-0.25, -0.2) is 0 Å². The van der Waals surface area contributed by atoms with Crippen LogP contribution in [0.4, 0.5) is 0 Å². The molecule has 96 valence electrons. The molecule has 1 unspecified atom stereocenters. The van der Waals surface area contributed by atoms with E-state index in [0.717, 1.165) is 12.8 Å². The van der Waals surface area contributed by atoms with E-state index < -0.39 is 0 Å². The monoisotopic (exact) mass is 264 g/mol. The average Bonchev–Trinajstić information content (AvgIpc) is 2.82. The Morgan fingerprint density at radius 2 is 2.39 bits per heavy atom. The third-order valence-corrected chi connectivity index (χ3v) is 4.93. The van der Waals surface area contributed by atoms with Crippen molar-refractivity contribution in [2.75, 3.05) is 6.54 Å². The van der Waals surface area contributed by atoms with Gasteiger partial charge in [-0.1, -0.05) is 6.07 Å². The van der Waals surface area contributed by atoms with Crippen molar-refractivity contribution in [1.82, 2.24) is 10.6 Å². The Bertz CT molecular complexity index is 465. The maximum absolute atomic E-state index is 11.9. The van der Waals surface area contributed by atoms with E-state index in [4.69, 9.17) is 0 Å². The summed E-state index contributed by atoms with van der Waals surface area (Å²) in [4.78, 5) is 24.3. The van der Waals surface area contributed by atoms with Crippen molar-refractivity contribution in [2.45, 2.75) is 37.1 Å². The molecule has 4 nitrogen and oxygen atoms in total. The molecule has 5 heteroatoms. The molecule has 1 saturated heterocycles. The van der Waals surface area contributed by atoms with E-state index in [-0.39, 0.29) is 23.3 Å². The molecule has 2 fully saturated rings. The van der Waals surface area contributed by atoms with Crippen molar-refractivity contribution >= 4 is 23.2 Å². The van der Waals surface area contributed by atoms with E-state index in [2.05, 4.69) is 28.1 Å². The van der Waals surface area contributed by atoms with Gasteiger partial charge in [-0.15, -0.1) is 11.3 Å². The lowest BCUT2D eigenvalue weighted by Crippen LogP contribution is -2.44. The van der Waals surface area contributed by atoms with Gasteiger partial charge in [0.2, 0.25) is 11.8 Å². The smallest absolute Gasteiger partial charge is 0.242 e. The highest BCUT2D eigenvalue weighted by Crippen LogP contribution is 2.49. The van der Waals surface area contributed by atoms with Gasteiger partial charge in [0.05, 0.1) is 0 Å². The predicted molar refractivity (Wildman–Crippen MR) is 69.4 cm³/mol. The van der Waals surface area contributed by atoms with Crippen LogP contribution in [0.25, 0.3) is 0 Å². The molecule has 0 spiro atoms. The van der Waals surface area contributed by atoms with Crippen molar-refractivity contribution in [3.05, 3.63) is 22.4 Å². The first-order chi connectivity index (χ1) is 8.70. The maximum atomic E-state index is 11.9. The van der Waals surface area contributed by atoms with Gasteiger partial charge in [0.1, 0.15) is 6.04 Å². The number of nitrogens with one attached hydrogen (secondary N) is 2. The first kappa shape index (κ1) is 11.7. The van der Waals surface area contributed by atoms with Crippen LogP contribution in [-0.2, 0) is 15.0 Å². The van der Waals surface area contributed by atoms with Crippen LogP contribution in [0.15, 0.2) is 17.5 Å². The summed E-state index contributed by atoms with van der Waals surface area (Å²) in [6.45, 7) is 0.693. The second kappa shape index (κ2) is 4.39. The lowest BCUT2D eigenvalue weighted by molar-refractivity contribution is -0.125. The summed E-state index contributed by atoms with van der Waals surface area (Å²) in [5, 5.41) is 7.76. The van der Waals surface area contributed by atoms with E-state index in [1.165, 1.54) is 4.88 Å². The van der Waals surface area contributed by atoms with Crippen LogP contribution in [0.3, 0.4) is 0 Å². The lowest BCUT2D eigenvalue weighted by Gasteiger charge is -2.16. The van der Waals surface area contributed by atoms with E-state index in [1.54, 1.807) is 11.3 Å². The maximum Gasteiger partial charge on any atom is 0.242 e. The zero-order valence-electron chi connectivity index (χ0n) is 10.1. The summed E-state index contributed by atoms with van der Waals surface area (Å²) in [7, 11) is 0. The van der Waals surface area contributed by atoms with Crippen molar-refractivity contribution < 1.29 is 9.59 Å². The molecule has 2 amide bonds. The fourth-order valence-corrected chi connectivity index (χ4v) is 3.42. The van der Waals surface area contributed by atoms with Crippen LogP contribution in [-0.4, -0.2) is 24.4 Å².